The van der Waals surface area contributed by atoms with Crippen LogP contribution in [0.5, 0.6) is 0 Å². The van der Waals surface area contributed by atoms with Crippen LogP contribution in [0.4, 0.5) is 5.82 Å². The van der Waals surface area contributed by atoms with Crippen LogP contribution in [-0.4, -0.2) is 44.6 Å². The van der Waals surface area contributed by atoms with Crippen molar-refractivity contribution in [1.29, 1.82) is 5.26 Å². The summed E-state index contributed by atoms with van der Waals surface area (Å²) in [5.74, 6) is -0.154. The molecule has 3 rings (SSSR count). The summed E-state index contributed by atoms with van der Waals surface area (Å²) in [6.45, 7) is 3.98. The molecule has 2 heterocycles. The number of carbonyl (C=O) groups excluding carboxylic acids is 1. The normalized spacial score (nSPS) is 11.1. The van der Waals surface area contributed by atoms with Gasteiger partial charge < -0.3 is 9.88 Å². The molecule has 0 atom stereocenters. The zero-order valence-electron chi connectivity index (χ0n) is 16.6. The van der Waals surface area contributed by atoms with E-state index in [0.717, 1.165) is 11.8 Å². The van der Waals surface area contributed by atoms with Crippen molar-refractivity contribution in [2.75, 3.05) is 11.1 Å². The lowest BCUT2D eigenvalue weighted by Crippen LogP contribution is -2.18. The molecule has 0 saturated carbocycles. The first-order valence-electron chi connectivity index (χ1n) is 9.01. The van der Waals surface area contributed by atoms with Gasteiger partial charge in [-0.3, -0.25) is 9.48 Å². The molecule has 1 aromatic carbocycles. The second-order valence-corrected chi connectivity index (χ2v) is 9.28. The van der Waals surface area contributed by atoms with Crippen LogP contribution < -0.4 is 5.32 Å². The third-order valence-corrected chi connectivity index (χ3v) is 6.77. The van der Waals surface area contributed by atoms with Gasteiger partial charge in [0, 0.05) is 13.6 Å². The van der Waals surface area contributed by atoms with E-state index in [2.05, 4.69) is 27.2 Å². The lowest BCUT2D eigenvalue weighted by Gasteiger charge is -2.09. The average molecular weight is 458 g/mol. The van der Waals surface area contributed by atoms with Crippen LogP contribution in [0.2, 0.25) is 0 Å². The lowest BCUT2D eigenvalue weighted by molar-refractivity contribution is -0.113. The lowest BCUT2D eigenvalue weighted by atomic mass is 10.3. The molecule has 0 radical (unpaired) electrons. The van der Waals surface area contributed by atoms with Crippen LogP contribution in [0.25, 0.3) is 0 Å². The number of hydrogen-bond acceptors (Lipinski definition) is 8. The fraction of sp³-hybridized carbons (Fsp3) is 0.211. The molecule has 1 N–H and O–H groups in total. The van der Waals surface area contributed by atoms with Gasteiger partial charge in [-0.15, -0.1) is 16.8 Å². The van der Waals surface area contributed by atoms with Gasteiger partial charge in [0.2, 0.25) is 5.91 Å². The molecule has 10 nitrogen and oxygen atoms in total. The summed E-state index contributed by atoms with van der Waals surface area (Å²) in [6, 6.07) is 10.1. The first-order valence-corrected chi connectivity index (χ1v) is 11.6. The van der Waals surface area contributed by atoms with E-state index >= 15 is 0 Å². The van der Waals surface area contributed by atoms with Crippen LogP contribution in [0.15, 0.2) is 59.2 Å². The molecule has 0 unspecified atom stereocenters. The predicted molar refractivity (Wildman–Crippen MR) is 115 cm³/mol. The molecule has 0 aliphatic rings. The third kappa shape index (κ3) is 5.19. The number of aromatic nitrogens is 5. The number of nitrogens with one attached hydrogen (secondary N) is 1. The van der Waals surface area contributed by atoms with E-state index in [-0.39, 0.29) is 40.2 Å². The summed E-state index contributed by atoms with van der Waals surface area (Å²) in [5.41, 5.74) is 0.254. The van der Waals surface area contributed by atoms with Gasteiger partial charge in [-0.2, -0.15) is 10.4 Å². The molecule has 0 aliphatic heterocycles. The van der Waals surface area contributed by atoms with Crippen molar-refractivity contribution in [2.24, 2.45) is 7.05 Å². The number of aryl methyl sites for hydroxylation is 1. The Morgan fingerprint density at radius 3 is 2.74 bits per heavy atom. The Hall–Kier alpha value is -3.43. The SMILES string of the molecule is C=CCn1c(CS(=O)(=O)c2ccccc2)nnc1SCC(=O)Nc1c(C#N)cnn1C. The minimum absolute atomic E-state index is 0.0171. The fourth-order valence-corrected chi connectivity index (χ4v) is 4.75. The second-order valence-electron chi connectivity index (χ2n) is 6.35. The van der Waals surface area contributed by atoms with E-state index in [1.54, 1.807) is 35.9 Å². The van der Waals surface area contributed by atoms with Gasteiger partial charge in [0.25, 0.3) is 0 Å². The fourth-order valence-electron chi connectivity index (χ4n) is 2.69. The van der Waals surface area contributed by atoms with Crippen LogP contribution in [0.1, 0.15) is 11.4 Å². The number of amides is 1. The number of carbonyl (C=O) groups is 1. The Labute approximate surface area is 183 Å². The molecular weight excluding hydrogens is 438 g/mol. The number of anilines is 1. The maximum absolute atomic E-state index is 12.7. The van der Waals surface area contributed by atoms with E-state index in [0.29, 0.717) is 11.0 Å². The highest BCUT2D eigenvalue weighted by Crippen LogP contribution is 2.21. The summed E-state index contributed by atoms with van der Waals surface area (Å²) in [7, 11) is -1.99. The van der Waals surface area contributed by atoms with Gasteiger partial charge in [0.15, 0.2) is 15.0 Å². The van der Waals surface area contributed by atoms with Crippen molar-refractivity contribution in [3.8, 4) is 6.07 Å². The minimum atomic E-state index is -3.61. The summed E-state index contributed by atoms with van der Waals surface area (Å²) in [5, 5.41) is 24.1. The van der Waals surface area contributed by atoms with Crippen LogP contribution in [-0.2, 0) is 34.0 Å². The van der Waals surface area contributed by atoms with Gasteiger partial charge in [-0.25, -0.2) is 8.42 Å². The smallest absolute Gasteiger partial charge is 0.236 e. The van der Waals surface area contributed by atoms with Crippen molar-refractivity contribution in [3.05, 3.63) is 60.6 Å². The Morgan fingerprint density at radius 1 is 1.32 bits per heavy atom. The van der Waals surface area contributed by atoms with Crippen molar-refractivity contribution in [1.82, 2.24) is 24.5 Å². The second kappa shape index (κ2) is 9.59. The van der Waals surface area contributed by atoms with Gasteiger partial charge in [0.05, 0.1) is 16.8 Å². The van der Waals surface area contributed by atoms with Crippen molar-refractivity contribution in [2.45, 2.75) is 22.3 Å². The molecule has 0 spiro atoms. The summed E-state index contributed by atoms with van der Waals surface area (Å²) in [4.78, 5) is 12.5. The number of allylic oxidation sites excluding steroid dienone is 1. The number of hydrogen-bond donors (Lipinski definition) is 1. The molecule has 1 amide bonds. The Morgan fingerprint density at radius 2 is 2.06 bits per heavy atom. The Kier molecular flexibility index (Phi) is 6.88. The highest BCUT2D eigenvalue weighted by molar-refractivity contribution is 7.99. The maximum Gasteiger partial charge on any atom is 0.236 e. The average Bonchev–Trinajstić information content (AvgIpc) is 3.30. The Bertz CT molecular complexity index is 1240. The quantitative estimate of drug-likeness (QED) is 0.379. The van der Waals surface area contributed by atoms with Gasteiger partial charge in [0.1, 0.15) is 29.0 Å². The standard InChI is InChI=1S/C19H19N7O3S2/c1-3-9-26-16(13-31(28,29)15-7-5-4-6-8-15)23-24-19(26)30-12-17(27)22-18-14(10-20)11-21-25(18)2/h3-8,11H,1,9,12-13H2,2H3,(H,22,27). The summed E-state index contributed by atoms with van der Waals surface area (Å²) in [6.07, 6.45) is 2.96. The molecule has 12 heteroatoms. The molecule has 0 saturated heterocycles. The zero-order valence-corrected chi connectivity index (χ0v) is 18.2. The topological polar surface area (TPSA) is 136 Å². The third-order valence-electron chi connectivity index (χ3n) is 4.18. The number of thioether (sulfide) groups is 1. The minimum Gasteiger partial charge on any atom is -0.309 e. The molecule has 31 heavy (non-hydrogen) atoms. The van der Waals surface area contributed by atoms with Gasteiger partial charge in [-0.1, -0.05) is 36.0 Å². The molecule has 160 valence electrons. The van der Waals surface area contributed by atoms with Gasteiger partial charge in [-0.05, 0) is 12.1 Å². The summed E-state index contributed by atoms with van der Waals surface area (Å²) >= 11 is 1.10. The van der Waals surface area contributed by atoms with E-state index in [1.807, 2.05) is 6.07 Å². The molecule has 2 aromatic heterocycles. The van der Waals surface area contributed by atoms with E-state index < -0.39 is 9.84 Å². The van der Waals surface area contributed by atoms with Crippen molar-refractivity contribution >= 4 is 33.3 Å². The Balaban J connectivity index is 1.73. The zero-order chi connectivity index (χ0) is 22.4. The largest absolute Gasteiger partial charge is 0.309 e. The predicted octanol–water partition coefficient (Wildman–Crippen LogP) is 1.77. The van der Waals surface area contributed by atoms with E-state index in [4.69, 9.17) is 5.26 Å². The van der Waals surface area contributed by atoms with Crippen LogP contribution in [0, 0.1) is 11.3 Å². The first-order chi connectivity index (χ1) is 14.9. The first kappa shape index (κ1) is 22.3. The molecule has 3 aromatic rings. The van der Waals surface area contributed by atoms with Crippen LogP contribution >= 0.6 is 11.8 Å². The van der Waals surface area contributed by atoms with Gasteiger partial charge >= 0.3 is 0 Å². The highest BCUT2D eigenvalue weighted by atomic mass is 32.2. The molecule has 0 fully saturated rings. The van der Waals surface area contributed by atoms with Crippen LogP contribution in [0.3, 0.4) is 0 Å². The maximum atomic E-state index is 12.7. The number of benzene rings is 1. The number of nitriles is 1. The molecule has 0 bridgehead atoms. The van der Waals surface area contributed by atoms with Crippen molar-refractivity contribution < 1.29 is 13.2 Å². The van der Waals surface area contributed by atoms with Crippen molar-refractivity contribution in [3.63, 3.8) is 0 Å². The monoisotopic (exact) mass is 457 g/mol. The van der Waals surface area contributed by atoms with E-state index in [9.17, 15) is 13.2 Å². The number of rotatable bonds is 9. The molecular formula is C19H19N7O3S2. The number of nitrogens with zero attached hydrogens (tertiary/aromatic N) is 6. The summed E-state index contributed by atoms with van der Waals surface area (Å²) < 4.78 is 28.4. The molecule has 0 aliphatic carbocycles. The number of sulfone groups is 1. The van der Waals surface area contributed by atoms with E-state index in [1.165, 1.54) is 23.0 Å². The highest BCUT2D eigenvalue weighted by Gasteiger charge is 2.22.